The Kier molecular flexibility index (Phi) is 3.85. The van der Waals surface area contributed by atoms with Gasteiger partial charge in [-0.05, 0) is 25.0 Å². The average molecular weight is 270 g/mol. The molecule has 0 atom stereocenters. The molecule has 1 aliphatic rings. The van der Waals surface area contributed by atoms with Crippen molar-refractivity contribution in [3.63, 3.8) is 0 Å². The van der Waals surface area contributed by atoms with Gasteiger partial charge in [0.05, 0.1) is 30.6 Å². The second-order valence-electron chi connectivity index (χ2n) is 5.31. The second-order valence-corrected chi connectivity index (χ2v) is 5.31. The third kappa shape index (κ3) is 2.92. The number of aromatic nitrogens is 4. The van der Waals surface area contributed by atoms with Gasteiger partial charge in [0, 0.05) is 11.8 Å². The van der Waals surface area contributed by atoms with Crippen molar-refractivity contribution < 1.29 is 4.79 Å². The van der Waals surface area contributed by atoms with E-state index in [1.165, 1.54) is 44.5 Å². The summed E-state index contributed by atoms with van der Waals surface area (Å²) in [6.45, 7) is 0. The van der Waals surface area contributed by atoms with Gasteiger partial charge in [-0.25, -0.2) is 0 Å². The first-order chi connectivity index (χ1) is 9.83. The van der Waals surface area contributed by atoms with Crippen molar-refractivity contribution in [2.75, 3.05) is 0 Å². The van der Waals surface area contributed by atoms with Crippen molar-refractivity contribution >= 4 is 5.78 Å². The van der Waals surface area contributed by atoms with Crippen LogP contribution in [-0.2, 0) is 6.42 Å². The Balaban J connectivity index is 1.66. The van der Waals surface area contributed by atoms with E-state index in [9.17, 15) is 4.79 Å². The number of rotatable bonds is 4. The van der Waals surface area contributed by atoms with Crippen LogP contribution in [0, 0.1) is 0 Å². The van der Waals surface area contributed by atoms with E-state index in [4.69, 9.17) is 0 Å². The number of carbonyl (C=O) groups excluding carboxylic acids is 1. The molecule has 20 heavy (non-hydrogen) atoms. The standard InChI is InChI=1S/C15H18N4O/c20-15(12-6-8-16-17-11-12)10-13-7-9-19(18-13)14-4-2-1-3-5-14/h6-9,11,14H,1-5,10H2. The van der Waals surface area contributed by atoms with Gasteiger partial charge in [-0.1, -0.05) is 19.3 Å². The number of ketones is 1. The normalized spacial score (nSPS) is 16.2. The molecule has 0 radical (unpaired) electrons. The lowest BCUT2D eigenvalue weighted by molar-refractivity contribution is 0.0991. The first kappa shape index (κ1) is 13.0. The predicted octanol–water partition coefficient (Wildman–Crippen LogP) is 2.60. The summed E-state index contributed by atoms with van der Waals surface area (Å²) >= 11 is 0. The summed E-state index contributed by atoms with van der Waals surface area (Å²) in [5.74, 6) is 0.0359. The van der Waals surface area contributed by atoms with Crippen LogP contribution in [0.2, 0.25) is 0 Å². The summed E-state index contributed by atoms with van der Waals surface area (Å²) < 4.78 is 2.03. The van der Waals surface area contributed by atoms with E-state index in [1.807, 2.05) is 16.9 Å². The molecule has 0 aromatic carbocycles. The number of nitrogens with zero attached hydrogens (tertiary/aromatic N) is 4. The van der Waals surface area contributed by atoms with E-state index in [0.29, 0.717) is 18.0 Å². The van der Waals surface area contributed by atoms with Crippen molar-refractivity contribution in [1.82, 2.24) is 20.0 Å². The van der Waals surface area contributed by atoms with Crippen LogP contribution < -0.4 is 0 Å². The van der Waals surface area contributed by atoms with Gasteiger partial charge in [0.2, 0.25) is 0 Å². The number of Topliss-reactive ketones (excluding diaryl/α,β-unsaturated/α-hetero) is 1. The van der Waals surface area contributed by atoms with Crippen LogP contribution in [-0.4, -0.2) is 25.8 Å². The molecule has 5 heteroatoms. The predicted molar refractivity (Wildman–Crippen MR) is 74.4 cm³/mol. The zero-order valence-electron chi connectivity index (χ0n) is 11.4. The zero-order chi connectivity index (χ0) is 13.8. The second kappa shape index (κ2) is 5.94. The Morgan fingerprint density at radius 3 is 2.80 bits per heavy atom. The van der Waals surface area contributed by atoms with Gasteiger partial charge in [0.15, 0.2) is 5.78 Å². The van der Waals surface area contributed by atoms with Gasteiger partial charge in [-0.15, -0.1) is 0 Å². The SMILES string of the molecule is O=C(Cc1ccn(C2CCCCC2)n1)c1ccnnc1. The lowest BCUT2D eigenvalue weighted by Gasteiger charge is -2.21. The zero-order valence-corrected chi connectivity index (χ0v) is 11.4. The molecule has 2 aromatic heterocycles. The van der Waals surface area contributed by atoms with E-state index < -0.39 is 0 Å². The van der Waals surface area contributed by atoms with E-state index in [0.717, 1.165) is 5.69 Å². The molecule has 3 rings (SSSR count). The van der Waals surface area contributed by atoms with E-state index >= 15 is 0 Å². The van der Waals surface area contributed by atoms with Crippen molar-refractivity contribution in [3.8, 4) is 0 Å². The Morgan fingerprint density at radius 2 is 2.05 bits per heavy atom. The lowest BCUT2D eigenvalue weighted by Crippen LogP contribution is -2.14. The van der Waals surface area contributed by atoms with Gasteiger partial charge >= 0.3 is 0 Å². The summed E-state index contributed by atoms with van der Waals surface area (Å²) in [6.07, 6.45) is 11.6. The fourth-order valence-electron chi connectivity index (χ4n) is 2.74. The minimum atomic E-state index is 0.0359. The summed E-state index contributed by atoms with van der Waals surface area (Å²) in [4.78, 5) is 12.1. The van der Waals surface area contributed by atoms with Crippen molar-refractivity contribution in [3.05, 3.63) is 42.0 Å². The topological polar surface area (TPSA) is 60.7 Å². The van der Waals surface area contributed by atoms with Gasteiger partial charge in [0.25, 0.3) is 0 Å². The van der Waals surface area contributed by atoms with Crippen LogP contribution in [0.15, 0.2) is 30.7 Å². The highest BCUT2D eigenvalue weighted by Gasteiger charge is 2.17. The molecular formula is C15H18N4O. The molecule has 0 bridgehead atoms. The Hall–Kier alpha value is -2.04. The fourth-order valence-corrected chi connectivity index (χ4v) is 2.74. The fraction of sp³-hybridized carbons (Fsp3) is 0.467. The maximum absolute atomic E-state index is 12.1. The quantitative estimate of drug-likeness (QED) is 0.801. The van der Waals surface area contributed by atoms with Crippen LogP contribution in [0.5, 0.6) is 0 Å². The third-order valence-corrected chi connectivity index (χ3v) is 3.86. The van der Waals surface area contributed by atoms with Crippen LogP contribution in [0.25, 0.3) is 0 Å². The molecule has 2 aromatic rings. The molecule has 0 saturated heterocycles. The maximum Gasteiger partial charge on any atom is 0.170 e. The molecule has 1 fully saturated rings. The first-order valence-electron chi connectivity index (χ1n) is 7.17. The Bertz CT molecular complexity index is 573. The number of carbonyl (C=O) groups is 1. The highest BCUT2D eigenvalue weighted by atomic mass is 16.1. The molecule has 0 aliphatic heterocycles. The van der Waals surface area contributed by atoms with Crippen molar-refractivity contribution in [1.29, 1.82) is 0 Å². The van der Waals surface area contributed by atoms with Crippen LogP contribution in [0.4, 0.5) is 0 Å². The lowest BCUT2D eigenvalue weighted by atomic mass is 9.96. The molecule has 0 N–H and O–H groups in total. The molecule has 0 spiro atoms. The molecular weight excluding hydrogens is 252 g/mol. The largest absolute Gasteiger partial charge is 0.294 e. The summed E-state index contributed by atoms with van der Waals surface area (Å²) in [5.41, 5.74) is 1.42. The molecule has 0 amide bonds. The molecule has 2 heterocycles. The third-order valence-electron chi connectivity index (χ3n) is 3.86. The minimum absolute atomic E-state index is 0.0359. The average Bonchev–Trinajstić information content (AvgIpc) is 2.97. The van der Waals surface area contributed by atoms with Crippen LogP contribution >= 0.6 is 0 Å². The van der Waals surface area contributed by atoms with Gasteiger partial charge in [0.1, 0.15) is 0 Å². The summed E-state index contributed by atoms with van der Waals surface area (Å²) in [5, 5.41) is 12.0. The summed E-state index contributed by atoms with van der Waals surface area (Å²) in [6, 6.07) is 4.14. The van der Waals surface area contributed by atoms with E-state index in [1.54, 1.807) is 6.07 Å². The van der Waals surface area contributed by atoms with E-state index in [-0.39, 0.29) is 5.78 Å². The summed E-state index contributed by atoms with van der Waals surface area (Å²) in [7, 11) is 0. The van der Waals surface area contributed by atoms with Gasteiger partial charge < -0.3 is 0 Å². The van der Waals surface area contributed by atoms with E-state index in [2.05, 4.69) is 15.3 Å². The minimum Gasteiger partial charge on any atom is -0.294 e. The molecule has 1 aliphatic carbocycles. The molecule has 0 unspecified atom stereocenters. The van der Waals surface area contributed by atoms with Crippen LogP contribution in [0.3, 0.4) is 0 Å². The first-order valence-corrected chi connectivity index (χ1v) is 7.17. The monoisotopic (exact) mass is 270 g/mol. The smallest absolute Gasteiger partial charge is 0.170 e. The highest BCUT2D eigenvalue weighted by molar-refractivity contribution is 5.96. The molecule has 104 valence electrons. The van der Waals surface area contributed by atoms with Gasteiger partial charge in [-0.2, -0.15) is 15.3 Å². The molecule has 5 nitrogen and oxygen atoms in total. The van der Waals surface area contributed by atoms with Crippen molar-refractivity contribution in [2.45, 2.75) is 44.6 Å². The highest BCUT2D eigenvalue weighted by Crippen LogP contribution is 2.27. The van der Waals surface area contributed by atoms with Crippen molar-refractivity contribution in [2.24, 2.45) is 0 Å². The van der Waals surface area contributed by atoms with Crippen LogP contribution in [0.1, 0.15) is 54.2 Å². The number of hydrogen-bond acceptors (Lipinski definition) is 4. The number of hydrogen-bond donors (Lipinski definition) is 0. The molecule has 1 saturated carbocycles. The maximum atomic E-state index is 12.1. The Morgan fingerprint density at radius 1 is 1.20 bits per heavy atom. The Labute approximate surface area is 118 Å². The van der Waals surface area contributed by atoms with Gasteiger partial charge in [-0.3, -0.25) is 9.48 Å².